The SMILES string of the molecule is O=C(c1ccc(Nc2nccc(-c3ccc(Cl)cc3)n2)cc1)N1CCCC1O. The fraction of sp³-hybridized carbons (Fsp3) is 0.190. The second-order valence-electron chi connectivity index (χ2n) is 6.60. The molecule has 3 aromatic rings. The summed E-state index contributed by atoms with van der Waals surface area (Å²) in [6.07, 6.45) is 2.46. The van der Waals surface area contributed by atoms with Crippen molar-refractivity contribution in [2.24, 2.45) is 0 Å². The summed E-state index contributed by atoms with van der Waals surface area (Å²) in [5, 5.41) is 13.7. The van der Waals surface area contributed by atoms with Crippen molar-refractivity contribution in [1.29, 1.82) is 0 Å². The molecule has 6 nitrogen and oxygen atoms in total. The lowest BCUT2D eigenvalue weighted by Crippen LogP contribution is -2.35. The van der Waals surface area contributed by atoms with Crippen molar-refractivity contribution in [2.45, 2.75) is 19.1 Å². The van der Waals surface area contributed by atoms with Gasteiger partial charge in [0.1, 0.15) is 6.23 Å². The summed E-state index contributed by atoms with van der Waals surface area (Å²) < 4.78 is 0. The summed E-state index contributed by atoms with van der Waals surface area (Å²) in [7, 11) is 0. The van der Waals surface area contributed by atoms with Gasteiger partial charge in [0.15, 0.2) is 0 Å². The lowest BCUT2D eigenvalue weighted by Gasteiger charge is -2.20. The van der Waals surface area contributed by atoms with Crippen LogP contribution in [0, 0.1) is 0 Å². The fourth-order valence-electron chi connectivity index (χ4n) is 3.18. The Labute approximate surface area is 167 Å². The molecule has 2 heterocycles. The number of carbonyl (C=O) groups is 1. The number of anilines is 2. The van der Waals surface area contributed by atoms with Crippen LogP contribution in [0.4, 0.5) is 11.6 Å². The first-order valence-electron chi connectivity index (χ1n) is 9.05. The molecule has 7 heteroatoms. The monoisotopic (exact) mass is 394 g/mol. The van der Waals surface area contributed by atoms with Crippen molar-refractivity contribution in [1.82, 2.24) is 14.9 Å². The van der Waals surface area contributed by atoms with E-state index in [1.165, 1.54) is 4.90 Å². The number of benzene rings is 2. The molecule has 2 aromatic carbocycles. The van der Waals surface area contributed by atoms with Gasteiger partial charge in [0.05, 0.1) is 5.69 Å². The van der Waals surface area contributed by atoms with Crippen molar-refractivity contribution >= 4 is 29.1 Å². The number of rotatable bonds is 4. The highest BCUT2D eigenvalue weighted by Crippen LogP contribution is 2.22. The Morgan fingerprint density at radius 2 is 1.86 bits per heavy atom. The number of amides is 1. The number of hydrogen-bond donors (Lipinski definition) is 2. The first kappa shape index (κ1) is 18.4. The van der Waals surface area contributed by atoms with Crippen LogP contribution < -0.4 is 5.32 Å². The number of likely N-dealkylation sites (tertiary alicyclic amines) is 1. The summed E-state index contributed by atoms with van der Waals surface area (Å²) in [6.45, 7) is 0.589. The molecule has 4 rings (SSSR count). The molecule has 0 aliphatic carbocycles. The normalized spacial score (nSPS) is 16.2. The molecule has 1 aliphatic rings. The Morgan fingerprint density at radius 1 is 1.11 bits per heavy atom. The summed E-state index contributed by atoms with van der Waals surface area (Å²) in [6, 6.07) is 16.3. The van der Waals surface area contributed by atoms with E-state index in [-0.39, 0.29) is 5.91 Å². The smallest absolute Gasteiger partial charge is 0.255 e. The van der Waals surface area contributed by atoms with E-state index in [0.29, 0.717) is 29.5 Å². The maximum Gasteiger partial charge on any atom is 0.255 e. The van der Waals surface area contributed by atoms with Crippen LogP contribution in [-0.4, -0.2) is 38.7 Å². The van der Waals surface area contributed by atoms with Gasteiger partial charge >= 0.3 is 0 Å². The number of carbonyl (C=O) groups excluding carboxylic acids is 1. The van der Waals surface area contributed by atoms with Crippen molar-refractivity contribution in [3.05, 3.63) is 71.4 Å². The van der Waals surface area contributed by atoms with Crippen LogP contribution in [0.3, 0.4) is 0 Å². The highest BCUT2D eigenvalue weighted by Gasteiger charge is 2.27. The second kappa shape index (κ2) is 7.96. The molecule has 2 N–H and O–H groups in total. The lowest BCUT2D eigenvalue weighted by atomic mass is 10.1. The van der Waals surface area contributed by atoms with E-state index in [2.05, 4.69) is 15.3 Å². The van der Waals surface area contributed by atoms with Gasteiger partial charge in [-0.2, -0.15) is 0 Å². The molecule has 1 saturated heterocycles. The zero-order valence-corrected chi connectivity index (χ0v) is 15.8. The minimum absolute atomic E-state index is 0.155. The lowest BCUT2D eigenvalue weighted by molar-refractivity contribution is 0.0293. The predicted molar refractivity (Wildman–Crippen MR) is 108 cm³/mol. The summed E-state index contributed by atoms with van der Waals surface area (Å²) in [5.74, 6) is 0.305. The van der Waals surface area contributed by atoms with Gasteiger partial charge in [0.2, 0.25) is 5.95 Å². The molecule has 1 amide bonds. The molecule has 0 spiro atoms. The predicted octanol–water partition coefficient (Wildman–Crippen LogP) is 4.10. The number of aromatic nitrogens is 2. The first-order valence-corrected chi connectivity index (χ1v) is 9.43. The first-order chi connectivity index (χ1) is 13.6. The van der Waals surface area contributed by atoms with E-state index < -0.39 is 6.23 Å². The summed E-state index contributed by atoms with van der Waals surface area (Å²) in [4.78, 5) is 22.7. The van der Waals surface area contributed by atoms with Crippen LogP contribution in [0.1, 0.15) is 23.2 Å². The third-order valence-corrected chi connectivity index (χ3v) is 4.92. The van der Waals surface area contributed by atoms with Gasteiger partial charge in [-0.05, 0) is 55.3 Å². The van der Waals surface area contributed by atoms with E-state index in [0.717, 1.165) is 23.4 Å². The largest absolute Gasteiger partial charge is 0.374 e. The van der Waals surface area contributed by atoms with Crippen molar-refractivity contribution in [2.75, 3.05) is 11.9 Å². The molecule has 1 unspecified atom stereocenters. The summed E-state index contributed by atoms with van der Waals surface area (Å²) >= 11 is 5.94. The third kappa shape index (κ3) is 3.98. The second-order valence-corrected chi connectivity index (χ2v) is 7.03. The Hall–Kier alpha value is -2.96. The van der Waals surface area contributed by atoms with Crippen LogP contribution in [0.5, 0.6) is 0 Å². The van der Waals surface area contributed by atoms with Crippen LogP contribution in [-0.2, 0) is 0 Å². The minimum Gasteiger partial charge on any atom is -0.374 e. The number of halogens is 1. The Bertz CT molecular complexity index is 976. The number of aliphatic hydroxyl groups excluding tert-OH is 1. The topological polar surface area (TPSA) is 78.4 Å². The van der Waals surface area contributed by atoms with Gasteiger partial charge in [0.25, 0.3) is 5.91 Å². The number of nitrogens with zero attached hydrogens (tertiary/aromatic N) is 3. The van der Waals surface area contributed by atoms with Crippen LogP contribution >= 0.6 is 11.6 Å². The van der Waals surface area contributed by atoms with E-state index in [1.54, 1.807) is 30.5 Å². The molecular formula is C21H19ClN4O2. The maximum absolute atomic E-state index is 12.5. The molecule has 0 radical (unpaired) electrons. The number of aliphatic hydroxyl groups is 1. The van der Waals surface area contributed by atoms with Crippen LogP contribution in [0.2, 0.25) is 5.02 Å². The molecule has 142 valence electrons. The highest BCUT2D eigenvalue weighted by molar-refractivity contribution is 6.30. The molecule has 28 heavy (non-hydrogen) atoms. The molecule has 1 fully saturated rings. The number of hydrogen-bond acceptors (Lipinski definition) is 5. The molecule has 1 aliphatic heterocycles. The van der Waals surface area contributed by atoms with Gasteiger partial charge in [-0.15, -0.1) is 0 Å². The third-order valence-electron chi connectivity index (χ3n) is 4.67. The van der Waals surface area contributed by atoms with E-state index >= 15 is 0 Å². The molecule has 1 aromatic heterocycles. The van der Waals surface area contributed by atoms with Gasteiger partial charge in [-0.25, -0.2) is 9.97 Å². The molecule has 0 bridgehead atoms. The van der Waals surface area contributed by atoms with Gasteiger partial charge in [0, 0.05) is 34.6 Å². The molecule has 0 saturated carbocycles. The standard InChI is InChI=1S/C21H19ClN4O2/c22-16-7-3-14(4-8-16)18-11-12-23-21(25-18)24-17-9-5-15(6-10-17)20(28)26-13-1-2-19(26)27/h3-12,19,27H,1-2,13H2,(H,23,24,25). The van der Waals surface area contributed by atoms with E-state index in [4.69, 9.17) is 11.6 Å². The average molecular weight is 395 g/mol. The Morgan fingerprint density at radius 3 is 2.54 bits per heavy atom. The minimum atomic E-state index is -0.686. The van der Waals surface area contributed by atoms with Crippen LogP contribution in [0.25, 0.3) is 11.3 Å². The van der Waals surface area contributed by atoms with Crippen molar-refractivity contribution in [3.8, 4) is 11.3 Å². The van der Waals surface area contributed by atoms with Crippen molar-refractivity contribution < 1.29 is 9.90 Å². The van der Waals surface area contributed by atoms with Crippen molar-refractivity contribution in [3.63, 3.8) is 0 Å². The van der Waals surface area contributed by atoms with Gasteiger partial charge in [-0.1, -0.05) is 23.7 Å². The van der Waals surface area contributed by atoms with E-state index in [9.17, 15) is 9.90 Å². The molecule has 1 atom stereocenters. The average Bonchev–Trinajstić information content (AvgIpc) is 3.15. The zero-order chi connectivity index (χ0) is 19.5. The summed E-state index contributed by atoms with van der Waals surface area (Å²) in [5.41, 5.74) is 3.04. The Kier molecular flexibility index (Phi) is 5.23. The Balaban J connectivity index is 1.48. The number of nitrogens with one attached hydrogen (secondary N) is 1. The molecular weight excluding hydrogens is 376 g/mol. The van der Waals surface area contributed by atoms with Gasteiger partial charge in [-0.3, -0.25) is 4.79 Å². The quantitative estimate of drug-likeness (QED) is 0.696. The van der Waals surface area contributed by atoms with Gasteiger partial charge < -0.3 is 15.3 Å². The maximum atomic E-state index is 12.5. The van der Waals surface area contributed by atoms with Crippen LogP contribution in [0.15, 0.2) is 60.8 Å². The van der Waals surface area contributed by atoms with E-state index in [1.807, 2.05) is 30.3 Å². The highest BCUT2D eigenvalue weighted by atomic mass is 35.5. The zero-order valence-electron chi connectivity index (χ0n) is 15.0. The fourth-order valence-corrected chi connectivity index (χ4v) is 3.30.